The molecule has 0 radical (unpaired) electrons. The molecule has 3 N–H and O–H groups in total. The number of hydrogen-bond donors (Lipinski definition) is 3. The molecule has 0 saturated heterocycles. The van der Waals surface area contributed by atoms with Crippen molar-refractivity contribution in [1.29, 1.82) is 0 Å². The monoisotopic (exact) mass is 388 g/mol. The van der Waals surface area contributed by atoms with Crippen LogP contribution in [0.1, 0.15) is 38.8 Å². The van der Waals surface area contributed by atoms with Crippen LogP contribution < -0.4 is 20.7 Å². The molecular formula is C19H31F3N4O. The summed E-state index contributed by atoms with van der Waals surface area (Å²) in [5.41, 5.74) is 1.47. The molecule has 0 aromatic heterocycles. The standard InChI is InChI=1S/C19H31F3N4O/c1-6-23-17(24-9-10-26-18(3,4)5)25-12-15-8-7-14(2)11-16(15)27-13-19(20,21)22/h7-8,11,26H,6,9-10,12-13H2,1-5H3,(H2,23,24,25). The Hall–Kier alpha value is -1.96. The van der Waals surface area contributed by atoms with Crippen LogP contribution >= 0.6 is 0 Å². The molecule has 1 aromatic rings. The van der Waals surface area contributed by atoms with Crippen LogP contribution in [-0.4, -0.2) is 43.9 Å². The second kappa shape index (κ2) is 10.4. The molecule has 0 saturated carbocycles. The zero-order chi connectivity index (χ0) is 20.5. The molecule has 0 spiro atoms. The highest BCUT2D eigenvalue weighted by Gasteiger charge is 2.28. The maximum Gasteiger partial charge on any atom is 0.422 e. The molecule has 1 aromatic carbocycles. The van der Waals surface area contributed by atoms with E-state index in [4.69, 9.17) is 4.74 Å². The number of alkyl halides is 3. The van der Waals surface area contributed by atoms with Crippen molar-refractivity contribution < 1.29 is 17.9 Å². The van der Waals surface area contributed by atoms with E-state index in [1.807, 2.05) is 13.0 Å². The van der Waals surface area contributed by atoms with Gasteiger partial charge < -0.3 is 20.7 Å². The third-order valence-corrected chi connectivity index (χ3v) is 3.44. The van der Waals surface area contributed by atoms with Gasteiger partial charge in [0, 0.05) is 30.7 Å². The van der Waals surface area contributed by atoms with Crippen molar-refractivity contribution in [3.05, 3.63) is 29.3 Å². The Kier molecular flexibility index (Phi) is 8.88. The summed E-state index contributed by atoms with van der Waals surface area (Å²) in [5, 5.41) is 9.70. The summed E-state index contributed by atoms with van der Waals surface area (Å²) in [5.74, 6) is 0.817. The van der Waals surface area contributed by atoms with Gasteiger partial charge in [-0.25, -0.2) is 4.99 Å². The van der Waals surface area contributed by atoms with E-state index in [2.05, 4.69) is 41.7 Å². The summed E-state index contributed by atoms with van der Waals surface area (Å²) >= 11 is 0. The summed E-state index contributed by atoms with van der Waals surface area (Å²) in [4.78, 5) is 4.46. The summed E-state index contributed by atoms with van der Waals surface area (Å²) in [6.45, 7) is 11.1. The molecule has 1 rings (SSSR count). The van der Waals surface area contributed by atoms with Crippen LogP contribution in [0.5, 0.6) is 5.75 Å². The number of hydrogen-bond acceptors (Lipinski definition) is 3. The molecule has 8 heteroatoms. The normalized spacial score (nSPS) is 12.8. The first-order valence-electron chi connectivity index (χ1n) is 9.06. The second-order valence-corrected chi connectivity index (χ2v) is 7.31. The number of aliphatic imine (C=N–C) groups is 1. The van der Waals surface area contributed by atoms with Crippen molar-refractivity contribution in [1.82, 2.24) is 16.0 Å². The Bertz CT molecular complexity index is 610. The van der Waals surface area contributed by atoms with E-state index < -0.39 is 12.8 Å². The van der Waals surface area contributed by atoms with E-state index in [1.165, 1.54) is 0 Å². The molecule has 0 heterocycles. The summed E-state index contributed by atoms with van der Waals surface area (Å²) in [6, 6.07) is 5.18. The Balaban J connectivity index is 2.74. The maximum absolute atomic E-state index is 12.5. The van der Waals surface area contributed by atoms with Crippen LogP contribution in [0.15, 0.2) is 23.2 Å². The van der Waals surface area contributed by atoms with Gasteiger partial charge >= 0.3 is 6.18 Å². The lowest BCUT2D eigenvalue weighted by molar-refractivity contribution is -0.153. The Morgan fingerprint density at radius 3 is 2.41 bits per heavy atom. The summed E-state index contributed by atoms with van der Waals surface area (Å²) < 4.78 is 42.4. The highest BCUT2D eigenvalue weighted by molar-refractivity contribution is 5.79. The van der Waals surface area contributed by atoms with Gasteiger partial charge in [-0.05, 0) is 46.2 Å². The fourth-order valence-corrected chi connectivity index (χ4v) is 2.21. The number of halogens is 3. The quantitative estimate of drug-likeness (QED) is 0.363. The smallest absolute Gasteiger partial charge is 0.422 e. The van der Waals surface area contributed by atoms with Crippen LogP contribution in [0, 0.1) is 6.92 Å². The average Bonchev–Trinajstić information content (AvgIpc) is 2.54. The van der Waals surface area contributed by atoms with Gasteiger partial charge in [-0.1, -0.05) is 12.1 Å². The first-order valence-corrected chi connectivity index (χ1v) is 9.06. The van der Waals surface area contributed by atoms with E-state index in [9.17, 15) is 13.2 Å². The third kappa shape index (κ3) is 10.7. The van der Waals surface area contributed by atoms with Crippen molar-refractivity contribution in [2.24, 2.45) is 4.99 Å². The van der Waals surface area contributed by atoms with E-state index in [-0.39, 0.29) is 17.8 Å². The third-order valence-electron chi connectivity index (χ3n) is 3.44. The number of aryl methyl sites for hydroxylation is 1. The molecule has 0 unspecified atom stereocenters. The van der Waals surface area contributed by atoms with Gasteiger partial charge in [0.2, 0.25) is 0 Å². The van der Waals surface area contributed by atoms with Crippen molar-refractivity contribution in [2.45, 2.75) is 52.9 Å². The molecule has 27 heavy (non-hydrogen) atoms. The Labute approximate surface area is 159 Å². The van der Waals surface area contributed by atoms with E-state index in [0.717, 1.165) is 12.1 Å². The van der Waals surface area contributed by atoms with Gasteiger partial charge in [0.15, 0.2) is 12.6 Å². The minimum absolute atomic E-state index is 0.0315. The fraction of sp³-hybridized carbons (Fsp3) is 0.632. The Morgan fingerprint density at radius 2 is 1.81 bits per heavy atom. The van der Waals surface area contributed by atoms with Crippen LogP contribution in [-0.2, 0) is 6.54 Å². The minimum Gasteiger partial charge on any atom is -0.484 e. The lowest BCUT2D eigenvalue weighted by atomic mass is 10.1. The lowest BCUT2D eigenvalue weighted by Gasteiger charge is -2.21. The molecule has 0 aliphatic carbocycles. The predicted octanol–water partition coefficient (Wildman–Crippen LogP) is 3.38. The van der Waals surface area contributed by atoms with Crippen molar-refractivity contribution in [3.8, 4) is 5.75 Å². The number of guanidine groups is 1. The van der Waals surface area contributed by atoms with E-state index in [1.54, 1.807) is 19.1 Å². The highest BCUT2D eigenvalue weighted by Crippen LogP contribution is 2.24. The molecule has 0 aliphatic heterocycles. The van der Waals surface area contributed by atoms with Gasteiger partial charge in [0.1, 0.15) is 5.75 Å². The van der Waals surface area contributed by atoms with E-state index >= 15 is 0 Å². The number of nitrogens with one attached hydrogen (secondary N) is 3. The Morgan fingerprint density at radius 1 is 1.11 bits per heavy atom. The maximum atomic E-state index is 12.5. The van der Waals surface area contributed by atoms with Crippen molar-refractivity contribution in [3.63, 3.8) is 0 Å². The molecule has 0 aliphatic rings. The highest BCUT2D eigenvalue weighted by atomic mass is 19.4. The van der Waals surface area contributed by atoms with Gasteiger partial charge in [-0.2, -0.15) is 13.2 Å². The summed E-state index contributed by atoms with van der Waals surface area (Å²) in [6.07, 6.45) is -4.37. The zero-order valence-corrected chi connectivity index (χ0v) is 16.8. The van der Waals surface area contributed by atoms with Gasteiger partial charge in [-0.3, -0.25) is 0 Å². The zero-order valence-electron chi connectivity index (χ0n) is 16.8. The first kappa shape index (κ1) is 23.1. The largest absolute Gasteiger partial charge is 0.484 e. The predicted molar refractivity (Wildman–Crippen MR) is 103 cm³/mol. The average molecular weight is 388 g/mol. The van der Waals surface area contributed by atoms with Gasteiger partial charge in [0.05, 0.1) is 6.54 Å². The van der Waals surface area contributed by atoms with Crippen LogP contribution in [0.3, 0.4) is 0 Å². The van der Waals surface area contributed by atoms with Gasteiger partial charge in [-0.15, -0.1) is 0 Å². The van der Waals surface area contributed by atoms with Crippen LogP contribution in [0.25, 0.3) is 0 Å². The second-order valence-electron chi connectivity index (χ2n) is 7.31. The summed E-state index contributed by atoms with van der Waals surface area (Å²) in [7, 11) is 0. The molecule has 5 nitrogen and oxygen atoms in total. The molecular weight excluding hydrogens is 357 g/mol. The number of rotatable bonds is 8. The number of nitrogens with zero attached hydrogens (tertiary/aromatic N) is 1. The van der Waals surface area contributed by atoms with E-state index in [0.29, 0.717) is 24.6 Å². The molecule has 0 bridgehead atoms. The molecule has 0 atom stereocenters. The minimum atomic E-state index is -4.37. The van der Waals surface area contributed by atoms with Gasteiger partial charge in [0.25, 0.3) is 0 Å². The first-order chi connectivity index (χ1) is 12.5. The van der Waals surface area contributed by atoms with Crippen molar-refractivity contribution >= 4 is 5.96 Å². The fourth-order valence-electron chi connectivity index (χ4n) is 2.21. The number of benzene rings is 1. The van der Waals surface area contributed by atoms with Crippen LogP contribution in [0.2, 0.25) is 0 Å². The lowest BCUT2D eigenvalue weighted by Crippen LogP contribution is -2.44. The van der Waals surface area contributed by atoms with Crippen LogP contribution in [0.4, 0.5) is 13.2 Å². The molecule has 0 fully saturated rings. The number of ether oxygens (including phenoxy) is 1. The van der Waals surface area contributed by atoms with Crippen molar-refractivity contribution in [2.75, 3.05) is 26.2 Å². The molecule has 154 valence electrons. The topological polar surface area (TPSA) is 57.7 Å². The molecule has 0 amide bonds. The SMILES string of the molecule is CCNC(=NCc1ccc(C)cc1OCC(F)(F)F)NCCNC(C)(C)C.